The number of carbonyl (C=O) groups excluding carboxylic acids is 1. The summed E-state index contributed by atoms with van der Waals surface area (Å²) in [6.07, 6.45) is 2.07. The zero-order valence-corrected chi connectivity index (χ0v) is 13.6. The maximum atomic E-state index is 12.1. The van der Waals surface area contributed by atoms with E-state index in [0.29, 0.717) is 12.1 Å². The van der Waals surface area contributed by atoms with E-state index < -0.39 is 10.8 Å². The van der Waals surface area contributed by atoms with E-state index >= 15 is 0 Å². The summed E-state index contributed by atoms with van der Waals surface area (Å²) in [7, 11) is 0. The second kappa shape index (κ2) is 7.69. The molecular weight excluding hydrogens is 336 g/mol. The first kappa shape index (κ1) is 17.6. The molecule has 1 N–H and O–H groups in total. The monoisotopic (exact) mass is 350 g/mol. The lowest BCUT2D eigenvalue weighted by atomic mass is 10.1. The quantitative estimate of drug-likeness (QED) is 0.631. The van der Waals surface area contributed by atoms with E-state index in [4.69, 9.17) is 11.6 Å². The van der Waals surface area contributed by atoms with Crippen LogP contribution in [0.2, 0.25) is 5.02 Å². The average Bonchev–Trinajstić information content (AvgIpc) is 2.55. The van der Waals surface area contributed by atoms with Gasteiger partial charge in [0.2, 0.25) is 0 Å². The third-order valence-corrected chi connectivity index (χ3v) is 3.57. The third-order valence-electron chi connectivity index (χ3n) is 3.34. The molecule has 0 atom stereocenters. The number of nitrogens with one attached hydrogen (secondary N) is 1. The number of carbonyl (C=O) groups is 1. The number of hydrogen-bond acceptors (Lipinski definition) is 5. The molecule has 1 amide bonds. The third kappa shape index (κ3) is 4.17. The van der Waals surface area contributed by atoms with E-state index in [1.807, 2.05) is 6.92 Å². The molecule has 0 saturated carbocycles. The van der Waals surface area contributed by atoms with Crippen LogP contribution in [-0.2, 0) is 13.0 Å². The van der Waals surface area contributed by atoms with Gasteiger partial charge in [-0.3, -0.25) is 24.3 Å². The van der Waals surface area contributed by atoms with Gasteiger partial charge in [-0.05, 0) is 18.6 Å². The van der Waals surface area contributed by atoms with Crippen molar-refractivity contribution in [3.05, 3.63) is 67.3 Å². The number of rotatable bonds is 6. The van der Waals surface area contributed by atoms with E-state index in [1.54, 1.807) is 0 Å². The van der Waals surface area contributed by atoms with Crippen molar-refractivity contribution in [2.75, 3.05) is 6.54 Å². The van der Waals surface area contributed by atoms with Crippen molar-refractivity contribution >= 4 is 23.2 Å². The van der Waals surface area contributed by atoms with Gasteiger partial charge in [0.05, 0.1) is 11.3 Å². The molecule has 2 aromatic rings. The summed E-state index contributed by atoms with van der Waals surface area (Å²) in [6.45, 7) is 2.22. The predicted octanol–water partition coefficient (Wildman–Crippen LogP) is 1.80. The van der Waals surface area contributed by atoms with Crippen LogP contribution < -0.4 is 10.9 Å². The van der Waals surface area contributed by atoms with Gasteiger partial charge in [-0.1, -0.05) is 18.5 Å². The van der Waals surface area contributed by atoms with Gasteiger partial charge < -0.3 is 5.32 Å². The van der Waals surface area contributed by atoms with E-state index in [-0.39, 0.29) is 34.9 Å². The van der Waals surface area contributed by atoms with Crippen LogP contribution in [0.1, 0.15) is 23.0 Å². The second-order valence-electron chi connectivity index (χ2n) is 4.94. The molecule has 1 aromatic heterocycles. The minimum absolute atomic E-state index is 0.121. The normalized spacial score (nSPS) is 10.4. The van der Waals surface area contributed by atoms with Crippen LogP contribution in [0.5, 0.6) is 0 Å². The van der Waals surface area contributed by atoms with Gasteiger partial charge in [-0.25, -0.2) is 4.98 Å². The zero-order valence-electron chi connectivity index (χ0n) is 12.9. The number of halogens is 1. The summed E-state index contributed by atoms with van der Waals surface area (Å²) in [5.74, 6) is -0.629. The SMILES string of the molecule is CCc1cc(=O)n(CCNC(=O)c2cc(Cl)ccc2[N+](=O)[O-])cn1. The molecule has 2 rings (SSSR count). The molecule has 24 heavy (non-hydrogen) atoms. The summed E-state index contributed by atoms with van der Waals surface area (Å²) in [5, 5.41) is 13.7. The number of aromatic nitrogens is 2. The van der Waals surface area contributed by atoms with Gasteiger partial charge in [0, 0.05) is 35.9 Å². The molecule has 1 aromatic carbocycles. The minimum atomic E-state index is -0.650. The summed E-state index contributed by atoms with van der Waals surface area (Å²) >= 11 is 5.79. The number of nitrogens with zero attached hydrogens (tertiary/aromatic N) is 3. The predicted molar refractivity (Wildman–Crippen MR) is 88.3 cm³/mol. The van der Waals surface area contributed by atoms with Gasteiger partial charge in [0.1, 0.15) is 5.56 Å². The van der Waals surface area contributed by atoms with Crippen molar-refractivity contribution in [2.45, 2.75) is 19.9 Å². The van der Waals surface area contributed by atoms with Crippen molar-refractivity contribution in [3.8, 4) is 0 Å². The van der Waals surface area contributed by atoms with Crippen molar-refractivity contribution in [1.82, 2.24) is 14.9 Å². The first-order valence-electron chi connectivity index (χ1n) is 7.20. The van der Waals surface area contributed by atoms with E-state index in [2.05, 4.69) is 10.3 Å². The lowest BCUT2D eigenvalue weighted by Gasteiger charge is -2.08. The molecule has 126 valence electrons. The fraction of sp³-hybridized carbons (Fsp3) is 0.267. The van der Waals surface area contributed by atoms with Crippen LogP contribution in [-0.4, -0.2) is 26.9 Å². The molecule has 0 radical (unpaired) electrons. The Morgan fingerprint density at radius 3 is 2.79 bits per heavy atom. The molecular formula is C15H15ClN4O4. The maximum absolute atomic E-state index is 12.1. The molecule has 0 aliphatic rings. The lowest BCUT2D eigenvalue weighted by molar-refractivity contribution is -0.385. The topological polar surface area (TPSA) is 107 Å². The van der Waals surface area contributed by atoms with Crippen LogP contribution >= 0.6 is 11.6 Å². The smallest absolute Gasteiger partial charge is 0.282 e. The Balaban J connectivity index is 2.05. The van der Waals surface area contributed by atoms with Gasteiger partial charge in [-0.15, -0.1) is 0 Å². The van der Waals surface area contributed by atoms with Gasteiger partial charge in [0.25, 0.3) is 17.2 Å². The molecule has 1 heterocycles. The molecule has 0 aliphatic carbocycles. The molecule has 0 aliphatic heterocycles. The Morgan fingerprint density at radius 1 is 1.42 bits per heavy atom. The minimum Gasteiger partial charge on any atom is -0.350 e. The van der Waals surface area contributed by atoms with Gasteiger partial charge in [0.15, 0.2) is 0 Å². The Morgan fingerprint density at radius 2 is 2.17 bits per heavy atom. The van der Waals surface area contributed by atoms with Crippen molar-refractivity contribution in [2.24, 2.45) is 0 Å². The highest BCUT2D eigenvalue weighted by molar-refractivity contribution is 6.31. The summed E-state index contributed by atoms with van der Waals surface area (Å²) < 4.78 is 1.35. The highest BCUT2D eigenvalue weighted by atomic mass is 35.5. The first-order chi connectivity index (χ1) is 11.4. The van der Waals surface area contributed by atoms with E-state index in [9.17, 15) is 19.7 Å². The maximum Gasteiger partial charge on any atom is 0.282 e. The first-order valence-corrected chi connectivity index (χ1v) is 7.57. The zero-order chi connectivity index (χ0) is 17.7. The number of hydrogen-bond donors (Lipinski definition) is 1. The van der Waals surface area contributed by atoms with Gasteiger partial charge >= 0.3 is 0 Å². The van der Waals surface area contributed by atoms with Gasteiger partial charge in [-0.2, -0.15) is 0 Å². The molecule has 8 nitrogen and oxygen atoms in total. The molecule has 0 unspecified atom stereocenters. The second-order valence-corrected chi connectivity index (χ2v) is 5.38. The molecule has 0 saturated heterocycles. The van der Waals surface area contributed by atoms with Crippen LogP contribution in [0.15, 0.2) is 35.4 Å². The average molecular weight is 351 g/mol. The van der Waals surface area contributed by atoms with Crippen molar-refractivity contribution in [1.29, 1.82) is 0 Å². The number of amides is 1. The Hall–Kier alpha value is -2.74. The lowest BCUT2D eigenvalue weighted by Crippen LogP contribution is -2.31. The summed E-state index contributed by atoms with van der Waals surface area (Å²) in [4.78, 5) is 38.4. The summed E-state index contributed by atoms with van der Waals surface area (Å²) in [5.41, 5.74) is 0.0157. The Kier molecular flexibility index (Phi) is 5.64. The highest BCUT2D eigenvalue weighted by Crippen LogP contribution is 2.22. The largest absolute Gasteiger partial charge is 0.350 e. The van der Waals surface area contributed by atoms with Crippen LogP contribution in [0, 0.1) is 10.1 Å². The summed E-state index contributed by atoms with van der Waals surface area (Å²) in [6, 6.07) is 5.19. The van der Waals surface area contributed by atoms with Crippen LogP contribution in [0.4, 0.5) is 5.69 Å². The number of aryl methyl sites for hydroxylation is 1. The fourth-order valence-electron chi connectivity index (χ4n) is 2.06. The number of nitro benzene ring substituents is 1. The fourth-order valence-corrected chi connectivity index (χ4v) is 2.23. The molecule has 0 bridgehead atoms. The Labute approximate surface area is 142 Å². The van der Waals surface area contributed by atoms with Crippen LogP contribution in [0.25, 0.3) is 0 Å². The van der Waals surface area contributed by atoms with Crippen molar-refractivity contribution < 1.29 is 9.72 Å². The van der Waals surface area contributed by atoms with Crippen LogP contribution in [0.3, 0.4) is 0 Å². The van der Waals surface area contributed by atoms with Crippen molar-refractivity contribution in [3.63, 3.8) is 0 Å². The molecule has 0 fully saturated rings. The molecule has 9 heteroatoms. The molecule has 0 spiro atoms. The van der Waals surface area contributed by atoms with E-state index in [1.165, 1.54) is 35.2 Å². The highest BCUT2D eigenvalue weighted by Gasteiger charge is 2.20. The standard InChI is InChI=1S/C15H15ClN4O4/c1-2-11-8-14(21)19(9-18-11)6-5-17-15(22)12-7-10(16)3-4-13(12)20(23)24/h3-4,7-9H,2,5-6H2,1H3,(H,17,22). The van der Waals surface area contributed by atoms with E-state index in [0.717, 1.165) is 0 Å². The number of nitro groups is 1. The Bertz CT molecular complexity index is 834. The number of benzene rings is 1.